The minimum Gasteiger partial charge on any atom is -0.421 e. The minimum absolute atomic E-state index is 0.631. The maximum atomic E-state index is 12.7. The van der Waals surface area contributed by atoms with Crippen molar-refractivity contribution in [1.82, 2.24) is 4.31 Å². The van der Waals surface area contributed by atoms with Crippen molar-refractivity contribution in [3.05, 3.63) is 12.7 Å². The van der Waals surface area contributed by atoms with Gasteiger partial charge in [0.05, 0.1) is 4.75 Å². The summed E-state index contributed by atoms with van der Waals surface area (Å²) in [5.41, 5.74) is -1.03. The fourth-order valence-electron chi connectivity index (χ4n) is 2.75. The van der Waals surface area contributed by atoms with Crippen molar-refractivity contribution in [2.24, 2.45) is 0 Å². The Bertz CT molecular complexity index is 505. The van der Waals surface area contributed by atoms with Gasteiger partial charge in [0.1, 0.15) is 0 Å². The van der Waals surface area contributed by atoms with Gasteiger partial charge < -0.3 is 4.74 Å². The van der Waals surface area contributed by atoms with Gasteiger partial charge in [-0.2, -0.15) is 4.31 Å². The summed E-state index contributed by atoms with van der Waals surface area (Å²) >= 11 is 0. The maximum Gasteiger partial charge on any atom is 0.429 e. The number of hydrogen-bond acceptors (Lipinski definition) is 4. The third kappa shape index (κ3) is 2.45. The molecule has 0 aromatic heterocycles. The van der Waals surface area contributed by atoms with E-state index in [4.69, 9.17) is 4.74 Å². The Kier molecular flexibility index (Phi) is 3.88. The molecule has 0 bridgehead atoms. The van der Waals surface area contributed by atoms with Crippen LogP contribution in [0.2, 0.25) is 0 Å². The van der Waals surface area contributed by atoms with E-state index in [9.17, 15) is 13.2 Å². The Morgan fingerprint density at radius 1 is 1.30 bits per heavy atom. The van der Waals surface area contributed by atoms with Crippen LogP contribution in [0.15, 0.2) is 12.7 Å². The number of carbonyl (C=O) groups is 1. The highest BCUT2D eigenvalue weighted by Gasteiger charge is 2.64. The number of allylic oxidation sites excluding steroid dienone is 1. The van der Waals surface area contributed by atoms with Gasteiger partial charge in [0.25, 0.3) is 0 Å². The summed E-state index contributed by atoms with van der Waals surface area (Å²) in [5, 5.41) is 0. The average molecular weight is 301 g/mol. The summed E-state index contributed by atoms with van der Waals surface area (Å²) in [6.07, 6.45) is 6.94. The number of nitrogens with zero attached hydrogens (tertiary/aromatic N) is 1. The lowest BCUT2D eigenvalue weighted by molar-refractivity contribution is -0.118. The summed E-state index contributed by atoms with van der Waals surface area (Å²) in [6, 6.07) is 0. The van der Waals surface area contributed by atoms with Crippen LogP contribution >= 0.6 is 0 Å². The van der Waals surface area contributed by atoms with Gasteiger partial charge in [-0.05, 0) is 46.0 Å². The highest BCUT2D eigenvalue weighted by Crippen LogP contribution is 2.52. The van der Waals surface area contributed by atoms with Crippen LogP contribution in [0.25, 0.3) is 0 Å². The van der Waals surface area contributed by atoms with E-state index in [2.05, 4.69) is 6.58 Å². The van der Waals surface area contributed by atoms with Gasteiger partial charge in [0, 0.05) is 0 Å². The van der Waals surface area contributed by atoms with E-state index in [1.165, 1.54) is 0 Å². The normalized spacial score (nSPS) is 22.9. The first kappa shape index (κ1) is 15.4. The van der Waals surface area contributed by atoms with E-state index in [1.54, 1.807) is 13.8 Å². The minimum atomic E-state index is -3.60. The van der Waals surface area contributed by atoms with Gasteiger partial charge in [-0.25, -0.2) is 13.2 Å². The first-order valence-electron chi connectivity index (χ1n) is 7.16. The van der Waals surface area contributed by atoms with E-state index >= 15 is 0 Å². The van der Waals surface area contributed by atoms with Crippen molar-refractivity contribution in [2.75, 3.05) is 0 Å². The largest absolute Gasteiger partial charge is 0.429 e. The fourth-order valence-corrected chi connectivity index (χ4v) is 5.00. The molecule has 1 saturated heterocycles. The van der Waals surface area contributed by atoms with E-state index in [-0.39, 0.29) is 0 Å². The molecule has 0 unspecified atom stereocenters. The quantitative estimate of drug-likeness (QED) is 0.510. The van der Waals surface area contributed by atoms with Crippen molar-refractivity contribution in [2.45, 2.75) is 69.3 Å². The topological polar surface area (TPSA) is 63.7 Å². The Morgan fingerprint density at radius 2 is 1.95 bits per heavy atom. The number of cyclic esters (lactones) is 1. The third-order valence-corrected chi connectivity index (χ3v) is 6.90. The Hall–Kier alpha value is -1.04. The van der Waals surface area contributed by atoms with Crippen LogP contribution < -0.4 is 0 Å². The van der Waals surface area contributed by atoms with Crippen molar-refractivity contribution in [1.29, 1.82) is 0 Å². The molecule has 20 heavy (non-hydrogen) atoms. The molecule has 0 aromatic rings. The molecule has 1 amide bonds. The predicted molar refractivity (Wildman–Crippen MR) is 76.6 cm³/mol. The molecule has 2 aliphatic rings. The number of unbranched alkanes of at least 4 members (excludes halogenated alkanes) is 3. The Balaban J connectivity index is 1.98. The molecule has 6 heteroatoms. The second-order valence-corrected chi connectivity index (χ2v) is 8.34. The number of sulfonamides is 1. The standard InChI is InChI=1S/C14H23NO4S/c1-4-5-6-7-8-9-14(10-11-14)20(17,18)15-12(16)19-13(15,2)3/h4H,1,5-11H2,2-3H3. The zero-order valence-corrected chi connectivity index (χ0v) is 13.0. The van der Waals surface area contributed by atoms with Crippen molar-refractivity contribution in [3.8, 4) is 0 Å². The number of amides is 1. The van der Waals surface area contributed by atoms with Gasteiger partial charge in [-0.1, -0.05) is 18.9 Å². The molecular formula is C14H23NO4S. The molecule has 0 spiro atoms. The summed E-state index contributed by atoms with van der Waals surface area (Å²) in [7, 11) is -3.60. The van der Waals surface area contributed by atoms with Gasteiger partial charge >= 0.3 is 6.09 Å². The zero-order chi connectivity index (χ0) is 15.0. The van der Waals surface area contributed by atoms with E-state index in [0.29, 0.717) is 19.3 Å². The van der Waals surface area contributed by atoms with Crippen molar-refractivity contribution < 1.29 is 17.9 Å². The lowest BCUT2D eigenvalue weighted by Gasteiger charge is -2.46. The van der Waals surface area contributed by atoms with Crippen LogP contribution in [0.1, 0.15) is 58.8 Å². The lowest BCUT2D eigenvalue weighted by atomic mass is 10.1. The first-order valence-corrected chi connectivity index (χ1v) is 8.60. The SMILES string of the molecule is C=CCCCCCC1(S(=O)(=O)N2C(=O)OC2(C)C)CC1. The molecular weight excluding hydrogens is 278 g/mol. The third-order valence-electron chi connectivity index (χ3n) is 4.13. The number of rotatable bonds is 8. The molecule has 2 fully saturated rings. The molecule has 0 atom stereocenters. The monoisotopic (exact) mass is 301 g/mol. The molecule has 1 aliphatic heterocycles. The Morgan fingerprint density at radius 3 is 2.40 bits per heavy atom. The van der Waals surface area contributed by atoms with Crippen LogP contribution in [0.4, 0.5) is 4.79 Å². The van der Waals surface area contributed by atoms with Crippen LogP contribution in [0, 0.1) is 0 Å². The molecule has 1 aliphatic carbocycles. The van der Waals surface area contributed by atoms with E-state index in [1.807, 2.05) is 6.08 Å². The highest BCUT2D eigenvalue weighted by molar-refractivity contribution is 7.91. The average Bonchev–Trinajstić information content (AvgIpc) is 3.08. The number of ether oxygens (including phenoxy) is 1. The second-order valence-electron chi connectivity index (χ2n) is 6.16. The molecule has 0 radical (unpaired) electrons. The molecule has 1 heterocycles. The molecule has 2 rings (SSSR count). The molecule has 0 N–H and O–H groups in total. The molecule has 0 aromatic carbocycles. The van der Waals surface area contributed by atoms with Crippen molar-refractivity contribution >= 4 is 16.1 Å². The van der Waals surface area contributed by atoms with Gasteiger partial charge in [-0.3, -0.25) is 0 Å². The number of hydrogen-bond donors (Lipinski definition) is 0. The van der Waals surface area contributed by atoms with Crippen LogP contribution in [0.5, 0.6) is 0 Å². The summed E-state index contributed by atoms with van der Waals surface area (Å²) in [6.45, 7) is 6.88. The smallest absolute Gasteiger partial charge is 0.421 e. The highest BCUT2D eigenvalue weighted by atomic mass is 32.2. The maximum absolute atomic E-state index is 12.7. The van der Waals surface area contributed by atoms with Gasteiger partial charge in [0.2, 0.25) is 15.7 Å². The second kappa shape index (κ2) is 5.06. The van der Waals surface area contributed by atoms with E-state index < -0.39 is 26.6 Å². The molecule has 114 valence electrons. The van der Waals surface area contributed by atoms with Crippen LogP contribution in [0.3, 0.4) is 0 Å². The van der Waals surface area contributed by atoms with Gasteiger partial charge in [-0.15, -0.1) is 6.58 Å². The van der Waals surface area contributed by atoms with Crippen molar-refractivity contribution in [3.63, 3.8) is 0 Å². The molecule has 5 nitrogen and oxygen atoms in total. The fraction of sp³-hybridized carbons (Fsp3) is 0.786. The first-order chi connectivity index (χ1) is 9.27. The lowest BCUT2D eigenvalue weighted by Crippen LogP contribution is -2.66. The van der Waals surface area contributed by atoms with Crippen LogP contribution in [-0.2, 0) is 14.8 Å². The summed E-state index contributed by atoms with van der Waals surface area (Å²) in [5.74, 6) is 0. The van der Waals surface area contributed by atoms with E-state index in [0.717, 1.165) is 30.0 Å². The predicted octanol–water partition coefficient (Wildman–Crippen LogP) is 3.17. The summed E-state index contributed by atoms with van der Waals surface area (Å²) in [4.78, 5) is 11.5. The van der Waals surface area contributed by atoms with Crippen LogP contribution in [-0.4, -0.2) is 29.3 Å². The van der Waals surface area contributed by atoms with Gasteiger partial charge in [0.15, 0.2) is 0 Å². The molecule has 1 saturated carbocycles. The zero-order valence-electron chi connectivity index (χ0n) is 12.2. The summed E-state index contributed by atoms with van der Waals surface area (Å²) < 4.78 is 30.4. The Labute approximate surface area is 121 Å². The number of carbonyl (C=O) groups excluding carboxylic acids is 1.